The number of hydrogen-bond donors (Lipinski definition) is 1. The fraction of sp³-hybridized carbons (Fsp3) is 0.769. The van der Waals surface area contributed by atoms with Gasteiger partial charge < -0.3 is 10.1 Å². The third kappa shape index (κ3) is 4.17. The SMILES string of the molecule is CC(C)=CC(C)CC(C=O)C1CCCN1. The van der Waals surface area contributed by atoms with Crippen LogP contribution < -0.4 is 5.32 Å². The number of hydrogen-bond acceptors (Lipinski definition) is 2. The summed E-state index contributed by atoms with van der Waals surface area (Å²) in [6.07, 6.45) is 6.74. The van der Waals surface area contributed by atoms with Gasteiger partial charge in [-0.1, -0.05) is 18.6 Å². The highest BCUT2D eigenvalue weighted by molar-refractivity contribution is 5.55. The van der Waals surface area contributed by atoms with Crippen LogP contribution in [0.3, 0.4) is 0 Å². The Hall–Kier alpha value is -0.630. The molecule has 1 heterocycles. The molecule has 0 aromatic rings. The largest absolute Gasteiger partial charge is 0.313 e. The highest BCUT2D eigenvalue weighted by Crippen LogP contribution is 2.21. The molecule has 1 saturated heterocycles. The van der Waals surface area contributed by atoms with Crippen molar-refractivity contribution in [3.8, 4) is 0 Å². The zero-order chi connectivity index (χ0) is 11.3. The smallest absolute Gasteiger partial charge is 0.124 e. The van der Waals surface area contributed by atoms with E-state index in [2.05, 4.69) is 32.2 Å². The third-order valence-corrected chi connectivity index (χ3v) is 3.05. The minimum Gasteiger partial charge on any atom is -0.313 e. The minimum absolute atomic E-state index is 0.193. The molecular formula is C13H23NO. The molecular weight excluding hydrogens is 186 g/mol. The lowest BCUT2D eigenvalue weighted by molar-refractivity contribution is -0.112. The van der Waals surface area contributed by atoms with Crippen molar-refractivity contribution in [2.45, 2.75) is 46.1 Å². The summed E-state index contributed by atoms with van der Waals surface area (Å²) in [5, 5.41) is 3.41. The van der Waals surface area contributed by atoms with Gasteiger partial charge in [0.2, 0.25) is 0 Å². The van der Waals surface area contributed by atoms with Gasteiger partial charge in [-0.15, -0.1) is 0 Å². The number of allylic oxidation sites excluding steroid dienone is 2. The van der Waals surface area contributed by atoms with Crippen molar-refractivity contribution in [3.63, 3.8) is 0 Å². The Kier molecular flexibility index (Phi) is 5.03. The van der Waals surface area contributed by atoms with Gasteiger partial charge in [-0.05, 0) is 45.6 Å². The van der Waals surface area contributed by atoms with E-state index in [-0.39, 0.29) is 5.92 Å². The highest BCUT2D eigenvalue weighted by atomic mass is 16.1. The van der Waals surface area contributed by atoms with Gasteiger partial charge in [-0.2, -0.15) is 0 Å². The lowest BCUT2D eigenvalue weighted by Gasteiger charge is -2.20. The van der Waals surface area contributed by atoms with Gasteiger partial charge >= 0.3 is 0 Å². The Balaban J connectivity index is 2.45. The van der Waals surface area contributed by atoms with Crippen molar-refractivity contribution in [2.24, 2.45) is 11.8 Å². The van der Waals surface area contributed by atoms with Gasteiger partial charge in [0.15, 0.2) is 0 Å². The molecule has 3 unspecified atom stereocenters. The average molecular weight is 209 g/mol. The van der Waals surface area contributed by atoms with E-state index in [4.69, 9.17) is 0 Å². The molecule has 86 valence electrons. The first-order valence-corrected chi connectivity index (χ1v) is 5.97. The lowest BCUT2D eigenvalue weighted by atomic mass is 9.89. The monoisotopic (exact) mass is 209 g/mol. The van der Waals surface area contributed by atoms with Crippen molar-refractivity contribution in [2.75, 3.05) is 6.54 Å². The van der Waals surface area contributed by atoms with Crippen molar-refractivity contribution in [1.29, 1.82) is 0 Å². The number of rotatable bonds is 5. The van der Waals surface area contributed by atoms with Crippen LogP contribution >= 0.6 is 0 Å². The Morgan fingerprint density at radius 1 is 1.53 bits per heavy atom. The summed E-state index contributed by atoms with van der Waals surface area (Å²) < 4.78 is 0. The van der Waals surface area contributed by atoms with Gasteiger partial charge in [0.05, 0.1) is 0 Å². The fourth-order valence-corrected chi connectivity index (χ4v) is 2.46. The summed E-state index contributed by atoms with van der Waals surface area (Å²) in [7, 11) is 0. The topological polar surface area (TPSA) is 29.1 Å². The van der Waals surface area contributed by atoms with E-state index in [1.807, 2.05) is 0 Å². The maximum Gasteiger partial charge on any atom is 0.124 e. The van der Waals surface area contributed by atoms with Crippen molar-refractivity contribution < 1.29 is 4.79 Å². The van der Waals surface area contributed by atoms with Crippen LogP contribution in [0.15, 0.2) is 11.6 Å². The predicted molar refractivity (Wildman–Crippen MR) is 63.8 cm³/mol. The van der Waals surface area contributed by atoms with Crippen LogP contribution in [0.5, 0.6) is 0 Å². The van der Waals surface area contributed by atoms with Gasteiger partial charge in [-0.25, -0.2) is 0 Å². The van der Waals surface area contributed by atoms with E-state index in [1.54, 1.807) is 0 Å². The van der Waals surface area contributed by atoms with E-state index in [1.165, 1.54) is 12.0 Å². The molecule has 0 bridgehead atoms. The molecule has 1 rings (SSSR count). The first kappa shape index (κ1) is 12.4. The molecule has 1 aliphatic heterocycles. The van der Waals surface area contributed by atoms with Gasteiger partial charge in [0.1, 0.15) is 6.29 Å². The molecule has 0 amide bonds. The van der Waals surface area contributed by atoms with Crippen molar-refractivity contribution in [1.82, 2.24) is 5.32 Å². The predicted octanol–water partition coefficient (Wildman–Crippen LogP) is 2.55. The lowest BCUT2D eigenvalue weighted by Crippen LogP contribution is -2.32. The minimum atomic E-state index is 0.193. The Morgan fingerprint density at radius 3 is 2.73 bits per heavy atom. The zero-order valence-corrected chi connectivity index (χ0v) is 10.1. The fourth-order valence-electron chi connectivity index (χ4n) is 2.46. The molecule has 0 aromatic heterocycles. The molecule has 2 heteroatoms. The summed E-state index contributed by atoms with van der Waals surface area (Å²) in [5.74, 6) is 0.700. The standard InChI is InChI=1S/C13H23NO/c1-10(2)7-11(3)8-12(9-15)13-5-4-6-14-13/h7,9,11-14H,4-6,8H2,1-3H3. The van der Waals surface area contributed by atoms with Gasteiger partial charge in [-0.3, -0.25) is 0 Å². The third-order valence-electron chi connectivity index (χ3n) is 3.05. The summed E-state index contributed by atoms with van der Waals surface area (Å²) in [4.78, 5) is 11.1. The van der Waals surface area contributed by atoms with Gasteiger partial charge in [0.25, 0.3) is 0 Å². The molecule has 1 aliphatic rings. The summed E-state index contributed by atoms with van der Waals surface area (Å²) in [6, 6.07) is 0.426. The second kappa shape index (κ2) is 6.06. The van der Waals surface area contributed by atoms with Crippen molar-refractivity contribution in [3.05, 3.63) is 11.6 Å². The second-order valence-corrected chi connectivity index (χ2v) is 4.96. The van der Waals surface area contributed by atoms with Crippen LogP contribution in [0.25, 0.3) is 0 Å². The molecule has 3 atom stereocenters. The zero-order valence-electron chi connectivity index (χ0n) is 10.1. The van der Waals surface area contributed by atoms with E-state index in [9.17, 15) is 4.79 Å². The average Bonchev–Trinajstić information content (AvgIpc) is 2.65. The highest BCUT2D eigenvalue weighted by Gasteiger charge is 2.24. The maximum absolute atomic E-state index is 11.1. The van der Waals surface area contributed by atoms with Gasteiger partial charge in [0, 0.05) is 12.0 Å². The van der Waals surface area contributed by atoms with Crippen molar-refractivity contribution >= 4 is 6.29 Å². The van der Waals surface area contributed by atoms with Crippen LogP contribution in [0, 0.1) is 11.8 Å². The number of carbonyl (C=O) groups is 1. The van der Waals surface area contributed by atoms with E-state index in [0.29, 0.717) is 12.0 Å². The van der Waals surface area contributed by atoms with E-state index in [0.717, 1.165) is 25.7 Å². The number of nitrogens with one attached hydrogen (secondary N) is 1. The Labute approximate surface area is 93.1 Å². The molecule has 1 fully saturated rings. The van der Waals surface area contributed by atoms with Crippen LogP contribution in [0.1, 0.15) is 40.0 Å². The quantitative estimate of drug-likeness (QED) is 0.557. The number of carbonyl (C=O) groups excluding carboxylic acids is 1. The molecule has 0 aliphatic carbocycles. The van der Waals surface area contributed by atoms with Crippen LogP contribution in [0.2, 0.25) is 0 Å². The molecule has 0 aromatic carbocycles. The van der Waals surface area contributed by atoms with E-state index >= 15 is 0 Å². The Morgan fingerprint density at radius 2 is 2.27 bits per heavy atom. The van der Waals surface area contributed by atoms with Crippen LogP contribution in [0.4, 0.5) is 0 Å². The van der Waals surface area contributed by atoms with Crippen LogP contribution in [-0.2, 0) is 4.79 Å². The molecule has 15 heavy (non-hydrogen) atoms. The van der Waals surface area contributed by atoms with Crippen LogP contribution in [-0.4, -0.2) is 18.9 Å². The molecule has 2 nitrogen and oxygen atoms in total. The summed E-state index contributed by atoms with van der Waals surface area (Å²) in [6.45, 7) is 7.49. The molecule has 1 N–H and O–H groups in total. The summed E-state index contributed by atoms with van der Waals surface area (Å²) >= 11 is 0. The number of aldehydes is 1. The second-order valence-electron chi connectivity index (χ2n) is 4.96. The molecule has 0 spiro atoms. The maximum atomic E-state index is 11.1. The Bertz CT molecular complexity index is 225. The first-order chi connectivity index (χ1) is 7.13. The van der Waals surface area contributed by atoms with E-state index < -0.39 is 0 Å². The molecule has 0 saturated carbocycles. The summed E-state index contributed by atoms with van der Waals surface area (Å²) in [5.41, 5.74) is 1.34. The normalized spacial score (nSPS) is 24.6. The molecule has 0 radical (unpaired) electrons. The first-order valence-electron chi connectivity index (χ1n) is 5.97.